The molecule has 24 heavy (non-hydrogen) atoms. The summed E-state index contributed by atoms with van der Waals surface area (Å²) in [5.74, 6) is 1.75. The molecule has 0 radical (unpaired) electrons. The first-order chi connectivity index (χ1) is 11.5. The molecule has 0 bridgehead atoms. The summed E-state index contributed by atoms with van der Waals surface area (Å²) in [5, 5.41) is -0.114. The first-order valence-corrected chi connectivity index (χ1v) is 10.4. The van der Waals surface area contributed by atoms with Crippen molar-refractivity contribution in [1.82, 2.24) is 9.21 Å². The largest absolute Gasteiger partial charge is 0.468 e. The Bertz CT molecular complexity index is 656. The van der Waals surface area contributed by atoms with Crippen LogP contribution >= 0.6 is 0 Å². The SMILES string of the molecule is CN(Cc1ccco1)C[C@H]1OC[C@@H]2CCN(S(=O)(=O)C3CC3)C[C@@H]21. The second-order valence-corrected chi connectivity index (χ2v) is 9.68. The van der Waals surface area contributed by atoms with E-state index in [4.69, 9.17) is 9.15 Å². The number of hydrogen-bond donors (Lipinski definition) is 0. The summed E-state index contributed by atoms with van der Waals surface area (Å²) in [6.07, 6.45) is 4.38. The van der Waals surface area contributed by atoms with Crippen LogP contribution in [0.1, 0.15) is 25.0 Å². The smallest absolute Gasteiger partial charge is 0.216 e. The average Bonchev–Trinajstić information content (AvgIpc) is 3.19. The summed E-state index contributed by atoms with van der Waals surface area (Å²) in [6, 6.07) is 3.87. The number of furan rings is 1. The second kappa shape index (κ2) is 6.44. The van der Waals surface area contributed by atoms with Crippen molar-refractivity contribution in [2.75, 3.05) is 33.3 Å². The van der Waals surface area contributed by atoms with E-state index < -0.39 is 10.0 Å². The predicted molar refractivity (Wildman–Crippen MR) is 89.9 cm³/mol. The molecule has 0 aromatic carbocycles. The molecule has 2 saturated heterocycles. The summed E-state index contributed by atoms with van der Waals surface area (Å²) in [7, 11) is -1.01. The lowest BCUT2D eigenvalue weighted by molar-refractivity contribution is 0.0544. The Balaban J connectivity index is 1.38. The number of rotatable bonds is 6. The fraction of sp³-hybridized carbons (Fsp3) is 0.765. The van der Waals surface area contributed by atoms with Gasteiger partial charge < -0.3 is 9.15 Å². The van der Waals surface area contributed by atoms with Gasteiger partial charge in [0.1, 0.15) is 5.76 Å². The first kappa shape index (κ1) is 16.6. The van der Waals surface area contributed by atoms with E-state index in [9.17, 15) is 8.42 Å². The highest BCUT2D eigenvalue weighted by atomic mass is 32.2. The fourth-order valence-corrected chi connectivity index (χ4v) is 5.93. The predicted octanol–water partition coefficient (Wildman–Crippen LogP) is 1.54. The summed E-state index contributed by atoms with van der Waals surface area (Å²) in [4.78, 5) is 2.19. The Morgan fingerprint density at radius 1 is 1.33 bits per heavy atom. The first-order valence-electron chi connectivity index (χ1n) is 8.85. The third-order valence-corrected chi connectivity index (χ3v) is 7.94. The van der Waals surface area contributed by atoms with Gasteiger partial charge in [-0.3, -0.25) is 4.90 Å². The normalized spacial score (nSPS) is 31.5. The van der Waals surface area contributed by atoms with Crippen molar-refractivity contribution in [2.24, 2.45) is 11.8 Å². The van der Waals surface area contributed by atoms with Gasteiger partial charge in [-0.1, -0.05) is 0 Å². The number of ether oxygens (including phenoxy) is 1. The molecule has 0 N–H and O–H groups in total. The molecular formula is C17H26N2O4S. The van der Waals surface area contributed by atoms with Crippen molar-refractivity contribution in [3.63, 3.8) is 0 Å². The van der Waals surface area contributed by atoms with E-state index in [0.29, 0.717) is 24.9 Å². The number of fused-ring (bicyclic) bond motifs is 1. The van der Waals surface area contributed by atoms with E-state index in [0.717, 1.165) is 44.7 Å². The minimum Gasteiger partial charge on any atom is -0.468 e. The van der Waals surface area contributed by atoms with E-state index in [1.165, 1.54) is 0 Å². The van der Waals surface area contributed by atoms with E-state index >= 15 is 0 Å². The van der Waals surface area contributed by atoms with Crippen molar-refractivity contribution >= 4 is 10.0 Å². The number of sulfonamides is 1. The van der Waals surface area contributed by atoms with Crippen LogP contribution in [0.25, 0.3) is 0 Å². The molecule has 0 spiro atoms. The fourth-order valence-electron chi connectivity index (χ4n) is 4.03. The molecule has 3 aliphatic rings. The number of nitrogens with zero attached hydrogens (tertiary/aromatic N) is 2. The van der Waals surface area contributed by atoms with E-state index in [1.54, 1.807) is 10.6 Å². The molecular weight excluding hydrogens is 328 g/mol. The minimum atomic E-state index is -3.07. The molecule has 3 fully saturated rings. The highest BCUT2D eigenvalue weighted by molar-refractivity contribution is 7.90. The van der Waals surface area contributed by atoms with Gasteiger partial charge in [0.2, 0.25) is 10.0 Å². The lowest BCUT2D eigenvalue weighted by Crippen LogP contribution is -2.47. The highest BCUT2D eigenvalue weighted by Crippen LogP contribution is 2.39. The van der Waals surface area contributed by atoms with Crippen LogP contribution in [-0.2, 0) is 21.3 Å². The van der Waals surface area contributed by atoms with Gasteiger partial charge in [0.15, 0.2) is 0 Å². The van der Waals surface area contributed by atoms with Crippen molar-refractivity contribution in [2.45, 2.75) is 37.2 Å². The molecule has 1 aromatic heterocycles. The van der Waals surface area contributed by atoms with Gasteiger partial charge in [-0.2, -0.15) is 0 Å². The molecule has 1 saturated carbocycles. The van der Waals surface area contributed by atoms with Crippen LogP contribution in [0.5, 0.6) is 0 Å². The molecule has 3 atom stereocenters. The van der Waals surface area contributed by atoms with Gasteiger partial charge in [0, 0.05) is 25.6 Å². The van der Waals surface area contributed by atoms with Crippen LogP contribution in [0.3, 0.4) is 0 Å². The maximum Gasteiger partial charge on any atom is 0.216 e. The zero-order valence-electron chi connectivity index (χ0n) is 14.1. The quantitative estimate of drug-likeness (QED) is 0.775. The van der Waals surface area contributed by atoms with Crippen LogP contribution in [0.15, 0.2) is 22.8 Å². The Morgan fingerprint density at radius 2 is 2.17 bits per heavy atom. The van der Waals surface area contributed by atoms with E-state index in [-0.39, 0.29) is 11.4 Å². The Morgan fingerprint density at radius 3 is 2.88 bits per heavy atom. The molecule has 134 valence electrons. The van der Waals surface area contributed by atoms with Crippen LogP contribution in [0.4, 0.5) is 0 Å². The second-order valence-electron chi connectivity index (χ2n) is 7.46. The molecule has 0 unspecified atom stereocenters. The van der Waals surface area contributed by atoms with Gasteiger partial charge in [0.05, 0.1) is 30.8 Å². The van der Waals surface area contributed by atoms with Crippen LogP contribution in [0.2, 0.25) is 0 Å². The molecule has 1 aromatic rings. The summed E-state index contributed by atoms with van der Waals surface area (Å²) >= 11 is 0. The summed E-state index contributed by atoms with van der Waals surface area (Å²) in [6.45, 7) is 3.61. The van der Waals surface area contributed by atoms with Crippen molar-refractivity contribution in [1.29, 1.82) is 0 Å². The molecule has 6 nitrogen and oxygen atoms in total. The Hall–Kier alpha value is -0.890. The van der Waals surface area contributed by atoms with Crippen molar-refractivity contribution in [3.05, 3.63) is 24.2 Å². The zero-order chi connectivity index (χ0) is 16.7. The molecule has 1 aliphatic carbocycles. The van der Waals surface area contributed by atoms with Crippen LogP contribution in [-0.4, -0.2) is 62.3 Å². The molecule has 3 heterocycles. The molecule has 4 rings (SSSR count). The van der Waals surface area contributed by atoms with Gasteiger partial charge in [-0.25, -0.2) is 12.7 Å². The number of piperidine rings is 1. The Kier molecular flexibility index (Phi) is 4.45. The minimum absolute atomic E-state index is 0.104. The monoisotopic (exact) mass is 354 g/mol. The van der Waals surface area contributed by atoms with E-state index in [2.05, 4.69) is 11.9 Å². The Labute approximate surface area is 143 Å². The van der Waals surface area contributed by atoms with Crippen molar-refractivity contribution in [3.8, 4) is 0 Å². The topological polar surface area (TPSA) is 63.0 Å². The maximum atomic E-state index is 12.5. The standard InChI is InChI=1S/C17H26N2O4S/c1-18(9-14-3-2-8-22-14)11-17-16-10-19(7-6-13(16)12-23-17)24(20,21)15-4-5-15/h2-3,8,13,15-17H,4-7,9-12H2,1H3/t13-,16-,17+/m0/s1. The summed E-state index contributed by atoms with van der Waals surface area (Å²) < 4.78 is 38.2. The lowest BCUT2D eigenvalue weighted by Gasteiger charge is -2.36. The number of likely N-dealkylation sites (N-methyl/N-ethyl adjacent to an activating group) is 1. The van der Waals surface area contributed by atoms with Gasteiger partial charge in [0.25, 0.3) is 0 Å². The number of hydrogen-bond acceptors (Lipinski definition) is 5. The summed E-state index contributed by atoms with van der Waals surface area (Å²) in [5.41, 5.74) is 0. The van der Waals surface area contributed by atoms with Crippen LogP contribution < -0.4 is 0 Å². The maximum absolute atomic E-state index is 12.5. The van der Waals surface area contributed by atoms with Gasteiger partial charge in [-0.15, -0.1) is 0 Å². The lowest BCUT2D eigenvalue weighted by atomic mass is 9.85. The molecule has 2 aliphatic heterocycles. The average molecular weight is 354 g/mol. The van der Waals surface area contributed by atoms with Crippen LogP contribution in [0, 0.1) is 11.8 Å². The molecule has 7 heteroatoms. The highest BCUT2D eigenvalue weighted by Gasteiger charge is 2.47. The van der Waals surface area contributed by atoms with Crippen molar-refractivity contribution < 1.29 is 17.6 Å². The third kappa shape index (κ3) is 3.27. The zero-order valence-corrected chi connectivity index (χ0v) is 15.0. The molecule has 0 amide bonds. The van der Waals surface area contributed by atoms with Gasteiger partial charge in [-0.05, 0) is 44.4 Å². The van der Waals surface area contributed by atoms with Gasteiger partial charge >= 0.3 is 0 Å². The third-order valence-electron chi connectivity index (χ3n) is 5.57. The van der Waals surface area contributed by atoms with E-state index in [1.807, 2.05) is 12.1 Å².